The third kappa shape index (κ3) is 4.57. The molecule has 156 valence electrons. The maximum absolute atomic E-state index is 5.41. The first kappa shape index (κ1) is 21.0. The Morgan fingerprint density at radius 2 is 1.03 bits per heavy atom. The van der Waals surface area contributed by atoms with E-state index in [0.29, 0.717) is 6.67 Å². The second-order valence-corrected chi connectivity index (χ2v) is 10.7. The normalized spacial score (nSPS) is 11.0. The van der Waals surface area contributed by atoms with Crippen molar-refractivity contribution in [1.29, 1.82) is 0 Å². The molecule has 0 radical (unpaired) electrons. The van der Waals surface area contributed by atoms with Gasteiger partial charge in [-0.3, -0.25) is 4.74 Å². The Hall–Kier alpha value is -3.29. The predicted octanol–water partition coefficient (Wildman–Crippen LogP) is 5.30. The third-order valence-electron chi connectivity index (χ3n) is 5.34. The number of hydrogen-bond acceptors (Lipinski definition) is 3. The molecule has 0 aromatic heterocycles. The van der Waals surface area contributed by atoms with Gasteiger partial charge in [-0.2, -0.15) is 0 Å². The molecule has 0 saturated carbocycles. The van der Waals surface area contributed by atoms with Crippen LogP contribution in [-0.4, -0.2) is 20.8 Å². The summed E-state index contributed by atoms with van der Waals surface area (Å²) in [6, 6.07) is 40.6. The summed E-state index contributed by atoms with van der Waals surface area (Å²) >= 11 is 0. The van der Waals surface area contributed by atoms with Crippen LogP contribution in [0, 0.1) is 0 Å². The summed E-state index contributed by atoms with van der Waals surface area (Å²) in [7, 11) is 1.94. The van der Waals surface area contributed by atoms with Crippen LogP contribution in [0.4, 0.5) is 11.4 Å². The van der Waals surface area contributed by atoms with Crippen molar-refractivity contribution in [2.24, 2.45) is 4.74 Å². The summed E-state index contributed by atoms with van der Waals surface area (Å²) in [6.45, 7) is 0.535. The highest BCUT2D eigenvalue weighted by molar-refractivity contribution is 7.87. The molecule has 0 unspecified atom stereocenters. The molecule has 0 aliphatic rings. The molecule has 0 aliphatic heterocycles. The maximum Gasteiger partial charge on any atom is 0.107 e. The first-order chi connectivity index (χ1) is 15.2. The Morgan fingerprint density at radius 3 is 1.42 bits per heavy atom. The number of anilines is 2. The van der Waals surface area contributed by atoms with E-state index in [9.17, 15) is 0 Å². The van der Waals surface area contributed by atoms with Gasteiger partial charge in [0.2, 0.25) is 0 Å². The average Bonchev–Trinajstić information content (AvgIpc) is 2.84. The predicted molar refractivity (Wildman–Crippen MR) is 137 cm³/mol. The van der Waals surface area contributed by atoms with E-state index in [1.165, 1.54) is 21.6 Å². The minimum Gasteiger partial charge on any atom is -0.378 e. The minimum atomic E-state index is -2.16. The standard InChI is InChI=1S/C27H28N3P/c1-30(2)24-20-18-23(19-21-24)28-22-29-31(25-12-6-3-7-13-25,26-14-8-4-9-15-26)27-16-10-5-11-17-27/h3-21,28H,22H2,1-2H3. The summed E-state index contributed by atoms with van der Waals surface area (Å²) in [5.41, 5.74) is 2.25. The fourth-order valence-electron chi connectivity index (χ4n) is 3.73. The van der Waals surface area contributed by atoms with Crippen LogP contribution in [0.2, 0.25) is 0 Å². The summed E-state index contributed by atoms with van der Waals surface area (Å²) in [6.07, 6.45) is 0. The van der Waals surface area contributed by atoms with Crippen molar-refractivity contribution >= 4 is 34.3 Å². The fourth-order valence-corrected chi connectivity index (χ4v) is 7.21. The smallest absolute Gasteiger partial charge is 0.107 e. The first-order valence-electron chi connectivity index (χ1n) is 10.5. The van der Waals surface area contributed by atoms with E-state index < -0.39 is 7.05 Å². The molecule has 31 heavy (non-hydrogen) atoms. The van der Waals surface area contributed by atoms with Gasteiger partial charge in [0, 0.05) is 41.4 Å². The molecule has 0 spiro atoms. The Kier molecular flexibility index (Phi) is 6.54. The van der Waals surface area contributed by atoms with E-state index in [-0.39, 0.29) is 0 Å². The lowest BCUT2D eigenvalue weighted by atomic mass is 10.2. The minimum absolute atomic E-state index is 0.535. The van der Waals surface area contributed by atoms with Crippen LogP contribution in [0.1, 0.15) is 0 Å². The van der Waals surface area contributed by atoms with E-state index >= 15 is 0 Å². The molecule has 0 saturated heterocycles. The lowest BCUT2D eigenvalue weighted by Gasteiger charge is -2.27. The van der Waals surface area contributed by atoms with Crippen molar-refractivity contribution in [1.82, 2.24) is 0 Å². The molecule has 4 rings (SSSR count). The second kappa shape index (κ2) is 9.68. The van der Waals surface area contributed by atoms with Crippen LogP contribution in [0.25, 0.3) is 0 Å². The van der Waals surface area contributed by atoms with Crippen LogP contribution in [0.15, 0.2) is 120 Å². The van der Waals surface area contributed by atoms with Crippen LogP contribution in [0.3, 0.4) is 0 Å². The molecule has 0 atom stereocenters. The zero-order valence-corrected chi connectivity index (χ0v) is 18.9. The van der Waals surface area contributed by atoms with E-state index in [1.807, 2.05) is 0 Å². The van der Waals surface area contributed by atoms with Gasteiger partial charge >= 0.3 is 0 Å². The van der Waals surface area contributed by atoms with Gasteiger partial charge in [0.15, 0.2) is 0 Å². The van der Waals surface area contributed by atoms with Crippen molar-refractivity contribution in [3.05, 3.63) is 115 Å². The molecule has 4 heteroatoms. The van der Waals surface area contributed by atoms with Gasteiger partial charge in [0.1, 0.15) is 6.67 Å². The van der Waals surface area contributed by atoms with Gasteiger partial charge in [-0.05, 0) is 24.3 Å². The SMILES string of the molecule is CN(C)c1ccc(NCN=P(c2ccccc2)(c2ccccc2)c2ccccc2)cc1. The summed E-state index contributed by atoms with van der Waals surface area (Å²) in [4.78, 5) is 2.10. The molecular weight excluding hydrogens is 397 g/mol. The van der Waals surface area contributed by atoms with Crippen LogP contribution >= 0.6 is 7.05 Å². The van der Waals surface area contributed by atoms with E-state index in [1.54, 1.807) is 0 Å². The first-order valence-corrected chi connectivity index (χ1v) is 12.2. The highest BCUT2D eigenvalue weighted by atomic mass is 31.2. The highest BCUT2D eigenvalue weighted by Gasteiger charge is 2.26. The lowest BCUT2D eigenvalue weighted by molar-refractivity contribution is 1.13. The Labute approximate surface area is 185 Å². The van der Waals surface area contributed by atoms with Crippen LogP contribution in [0.5, 0.6) is 0 Å². The molecule has 4 aromatic rings. The number of hydrogen-bond donors (Lipinski definition) is 1. The zero-order chi connectivity index (χ0) is 21.5. The fraction of sp³-hybridized carbons (Fsp3) is 0.111. The van der Waals surface area contributed by atoms with Crippen molar-refractivity contribution in [3.63, 3.8) is 0 Å². The van der Waals surface area contributed by atoms with E-state index in [0.717, 1.165) is 5.69 Å². The average molecular weight is 426 g/mol. The van der Waals surface area contributed by atoms with E-state index in [4.69, 9.17) is 4.74 Å². The van der Waals surface area contributed by atoms with Gasteiger partial charge in [-0.1, -0.05) is 91.0 Å². The molecular formula is C27H28N3P. The number of nitrogens with zero attached hydrogens (tertiary/aromatic N) is 2. The number of rotatable bonds is 7. The van der Waals surface area contributed by atoms with E-state index in [2.05, 4.69) is 140 Å². The summed E-state index contributed by atoms with van der Waals surface area (Å²) in [5.74, 6) is 0. The molecule has 4 aromatic carbocycles. The van der Waals surface area contributed by atoms with Gasteiger partial charge in [-0.15, -0.1) is 0 Å². The van der Waals surface area contributed by atoms with Crippen LogP contribution < -0.4 is 26.1 Å². The number of nitrogens with one attached hydrogen (secondary N) is 1. The molecule has 0 bridgehead atoms. The maximum atomic E-state index is 5.41. The topological polar surface area (TPSA) is 27.6 Å². The second-order valence-electron chi connectivity index (χ2n) is 7.56. The number of benzene rings is 4. The quantitative estimate of drug-likeness (QED) is 0.407. The van der Waals surface area contributed by atoms with Gasteiger partial charge in [-0.25, -0.2) is 0 Å². The summed E-state index contributed by atoms with van der Waals surface area (Å²) in [5, 5.41) is 7.30. The molecule has 3 nitrogen and oxygen atoms in total. The van der Waals surface area contributed by atoms with Crippen molar-refractivity contribution < 1.29 is 0 Å². The molecule has 1 N–H and O–H groups in total. The van der Waals surface area contributed by atoms with Gasteiger partial charge < -0.3 is 10.2 Å². The van der Waals surface area contributed by atoms with Crippen molar-refractivity contribution in [3.8, 4) is 0 Å². The van der Waals surface area contributed by atoms with Gasteiger partial charge in [0.25, 0.3) is 0 Å². The highest BCUT2D eigenvalue weighted by Crippen LogP contribution is 2.46. The Balaban J connectivity index is 1.80. The van der Waals surface area contributed by atoms with Gasteiger partial charge in [0.05, 0.1) is 7.05 Å². The lowest BCUT2D eigenvalue weighted by Crippen LogP contribution is -2.26. The Bertz CT molecular complexity index is 1040. The molecule has 0 fully saturated rings. The Morgan fingerprint density at radius 1 is 0.613 bits per heavy atom. The monoisotopic (exact) mass is 425 g/mol. The summed E-state index contributed by atoms with van der Waals surface area (Å²) < 4.78 is 5.41. The molecule has 0 heterocycles. The van der Waals surface area contributed by atoms with Crippen LogP contribution in [-0.2, 0) is 0 Å². The van der Waals surface area contributed by atoms with Crippen molar-refractivity contribution in [2.75, 3.05) is 31.0 Å². The largest absolute Gasteiger partial charge is 0.378 e. The zero-order valence-electron chi connectivity index (χ0n) is 18.0. The molecule has 0 aliphatic carbocycles. The van der Waals surface area contributed by atoms with Crippen molar-refractivity contribution in [2.45, 2.75) is 0 Å². The molecule has 0 amide bonds. The third-order valence-corrected chi connectivity index (χ3v) is 9.04.